The van der Waals surface area contributed by atoms with Crippen molar-refractivity contribution in [1.29, 1.82) is 0 Å². The summed E-state index contributed by atoms with van der Waals surface area (Å²) < 4.78 is 40.1. The first-order valence-corrected chi connectivity index (χ1v) is 8.16. The first-order valence-electron chi connectivity index (χ1n) is 6.68. The van der Waals surface area contributed by atoms with Gasteiger partial charge in [0.05, 0.1) is 4.90 Å². The third-order valence-corrected chi connectivity index (χ3v) is 5.64. The summed E-state index contributed by atoms with van der Waals surface area (Å²) in [7, 11) is -3.55. The molecule has 1 saturated carbocycles. The monoisotopic (exact) mass is 285 g/mol. The number of sulfonamides is 1. The van der Waals surface area contributed by atoms with Crippen molar-refractivity contribution in [2.45, 2.75) is 44.0 Å². The van der Waals surface area contributed by atoms with Crippen LogP contribution >= 0.6 is 0 Å². The van der Waals surface area contributed by atoms with E-state index in [1.807, 2.05) is 0 Å². The molecule has 1 aliphatic rings. The molecule has 0 spiro atoms. The van der Waals surface area contributed by atoms with Crippen LogP contribution in [-0.2, 0) is 10.0 Å². The number of hydrogen-bond acceptors (Lipinski definition) is 2. The van der Waals surface area contributed by atoms with E-state index >= 15 is 0 Å². The van der Waals surface area contributed by atoms with E-state index in [1.54, 1.807) is 0 Å². The van der Waals surface area contributed by atoms with Crippen LogP contribution in [-0.4, -0.2) is 14.5 Å². The maximum atomic E-state index is 12.8. The summed E-state index contributed by atoms with van der Waals surface area (Å²) in [5.74, 6) is 0.414. The third-order valence-electron chi connectivity index (χ3n) is 4.14. The van der Waals surface area contributed by atoms with Gasteiger partial charge in [0.1, 0.15) is 5.82 Å². The minimum Gasteiger partial charge on any atom is -0.208 e. The van der Waals surface area contributed by atoms with Gasteiger partial charge in [0.25, 0.3) is 0 Å². The Morgan fingerprint density at radius 3 is 2.42 bits per heavy atom. The van der Waals surface area contributed by atoms with Crippen LogP contribution in [0, 0.1) is 17.7 Å². The molecular weight excluding hydrogens is 265 g/mol. The molecule has 0 unspecified atom stereocenters. The molecule has 0 heterocycles. The minimum atomic E-state index is -3.55. The van der Waals surface area contributed by atoms with E-state index < -0.39 is 15.8 Å². The van der Waals surface area contributed by atoms with Crippen LogP contribution in [0.1, 0.15) is 33.1 Å². The summed E-state index contributed by atoms with van der Waals surface area (Å²) in [4.78, 5) is 0.124. The summed E-state index contributed by atoms with van der Waals surface area (Å²) in [5, 5.41) is 0. The fourth-order valence-electron chi connectivity index (χ4n) is 2.63. The van der Waals surface area contributed by atoms with Gasteiger partial charge in [0.15, 0.2) is 0 Å². The van der Waals surface area contributed by atoms with E-state index in [9.17, 15) is 12.8 Å². The van der Waals surface area contributed by atoms with Crippen LogP contribution in [0.25, 0.3) is 0 Å². The van der Waals surface area contributed by atoms with Gasteiger partial charge in [-0.25, -0.2) is 17.5 Å². The molecule has 0 saturated heterocycles. The summed E-state index contributed by atoms with van der Waals surface area (Å²) in [5.41, 5.74) is 0. The van der Waals surface area contributed by atoms with E-state index in [4.69, 9.17) is 0 Å². The van der Waals surface area contributed by atoms with E-state index in [1.165, 1.54) is 24.3 Å². The van der Waals surface area contributed by atoms with E-state index in [-0.39, 0.29) is 10.9 Å². The lowest BCUT2D eigenvalue weighted by molar-refractivity contribution is 0.227. The zero-order valence-corrected chi connectivity index (χ0v) is 12.1. The number of benzene rings is 1. The Balaban J connectivity index is 2.15. The van der Waals surface area contributed by atoms with Gasteiger partial charge in [-0.05, 0) is 42.5 Å². The molecule has 1 aromatic carbocycles. The highest BCUT2D eigenvalue weighted by atomic mass is 32.2. The third kappa shape index (κ3) is 3.34. The van der Waals surface area contributed by atoms with Gasteiger partial charge in [0.2, 0.25) is 10.0 Å². The Labute approximate surface area is 114 Å². The fraction of sp³-hybridized carbons (Fsp3) is 0.571. The SMILES string of the molecule is C[C@@H]1[C@H](C)CCC[C@@H]1NS(=O)(=O)c1ccc(F)cc1. The molecule has 106 valence electrons. The highest BCUT2D eigenvalue weighted by Gasteiger charge is 2.30. The highest BCUT2D eigenvalue weighted by Crippen LogP contribution is 2.30. The highest BCUT2D eigenvalue weighted by molar-refractivity contribution is 7.89. The van der Waals surface area contributed by atoms with Gasteiger partial charge in [0, 0.05) is 6.04 Å². The number of nitrogens with one attached hydrogen (secondary N) is 1. The van der Waals surface area contributed by atoms with E-state index in [0.717, 1.165) is 19.3 Å². The van der Waals surface area contributed by atoms with Gasteiger partial charge in [-0.1, -0.05) is 26.7 Å². The van der Waals surface area contributed by atoms with Crippen molar-refractivity contribution >= 4 is 10.0 Å². The van der Waals surface area contributed by atoms with Crippen LogP contribution in [0.2, 0.25) is 0 Å². The Morgan fingerprint density at radius 2 is 1.79 bits per heavy atom. The summed E-state index contributed by atoms with van der Waals surface area (Å²) >= 11 is 0. The summed E-state index contributed by atoms with van der Waals surface area (Å²) in [6, 6.07) is 4.91. The fourth-order valence-corrected chi connectivity index (χ4v) is 3.99. The van der Waals surface area contributed by atoms with Crippen molar-refractivity contribution in [2.75, 3.05) is 0 Å². The summed E-state index contributed by atoms with van der Waals surface area (Å²) in [6.45, 7) is 4.24. The smallest absolute Gasteiger partial charge is 0.208 e. The molecule has 3 nitrogen and oxygen atoms in total. The second-order valence-corrected chi connectivity index (χ2v) is 7.16. The zero-order chi connectivity index (χ0) is 14.0. The first-order chi connectivity index (χ1) is 8.90. The molecule has 1 N–H and O–H groups in total. The Hall–Kier alpha value is -0.940. The molecule has 0 amide bonds. The zero-order valence-electron chi connectivity index (χ0n) is 11.3. The molecule has 5 heteroatoms. The normalized spacial score (nSPS) is 28.3. The Kier molecular flexibility index (Phi) is 4.26. The first kappa shape index (κ1) is 14.5. The van der Waals surface area contributed by atoms with Crippen LogP contribution in [0.15, 0.2) is 29.2 Å². The maximum absolute atomic E-state index is 12.8. The van der Waals surface area contributed by atoms with Crippen molar-refractivity contribution < 1.29 is 12.8 Å². The lowest BCUT2D eigenvalue weighted by Gasteiger charge is -2.34. The molecular formula is C14H20FNO2S. The van der Waals surface area contributed by atoms with E-state index in [2.05, 4.69) is 18.6 Å². The lowest BCUT2D eigenvalue weighted by atomic mass is 9.78. The van der Waals surface area contributed by atoms with Gasteiger partial charge in [-0.2, -0.15) is 0 Å². The van der Waals surface area contributed by atoms with Crippen molar-refractivity contribution in [3.63, 3.8) is 0 Å². The van der Waals surface area contributed by atoms with Crippen molar-refractivity contribution in [1.82, 2.24) is 4.72 Å². The molecule has 1 aliphatic carbocycles. The van der Waals surface area contributed by atoms with Crippen molar-refractivity contribution in [2.24, 2.45) is 11.8 Å². The number of rotatable bonds is 3. The topological polar surface area (TPSA) is 46.2 Å². The minimum absolute atomic E-state index is 0.0289. The standard InChI is InChI=1S/C14H20FNO2S/c1-10-4-3-5-14(11(10)2)16-19(17,18)13-8-6-12(15)7-9-13/h6-11,14,16H,3-5H2,1-2H3/t10-,11-,14+/m1/s1. The van der Waals surface area contributed by atoms with Gasteiger partial charge in [-0.3, -0.25) is 0 Å². The van der Waals surface area contributed by atoms with Crippen molar-refractivity contribution in [3.05, 3.63) is 30.1 Å². The molecule has 3 atom stereocenters. The largest absolute Gasteiger partial charge is 0.240 e. The Morgan fingerprint density at radius 1 is 1.16 bits per heavy atom. The van der Waals surface area contributed by atoms with Crippen LogP contribution in [0.3, 0.4) is 0 Å². The predicted molar refractivity (Wildman–Crippen MR) is 72.7 cm³/mol. The number of halogens is 1. The molecule has 1 aromatic rings. The second kappa shape index (κ2) is 5.59. The average Bonchev–Trinajstić information content (AvgIpc) is 2.35. The van der Waals surface area contributed by atoms with Crippen molar-refractivity contribution in [3.8, 4) is 0 Å². The molecule has 0 aliphatic heterocycles. The molecule has 2 rings (SSSR count). The van der Waals surface area contributed by atoms with Crippen LogP contribution < -0.4 is 4.72 Å². The van der Waals surface area contributed by atoms with Crippen LogP contribution in [0.4, 0.5) is 4.39 Å². The predicted octanol–water partition coefficient (Wildman–Crippen LogP) is 2.93. The average molecular weight is 285 g/mol. The quantitative estimate of drug-likeness (QED) is 0.928. The maximum Gasteiger partial charge on any atom is 0.240 e. The van der Waals surface area contributed by atoms with Gasteiger partial charge < -0.3 is 0 Å². The molecule has 19 heavy (non-hydrogen) atoms. The van der Waals surface area contributed by atoms with Gasteiger partial charge >= 0.3 is 0 Å². The number of hydrogen-bond donors (Lipinski definition) is 1. The molecule has 0 bridgehead atoms. The van der Waals surface area contributed by atoms with Crippen LogP contribution in [0.5, 0.6) is 0 Å². The van der Waals surface area contributed by atoms with E-state index in [0.29, 0.717) is 11.8 Å². The molecule has 1 fully saturated rings. The van der Waals surface area contributed by atoms with Gasteiger partial charge in [-0.15, -0.1) is 0 Å². The lowest BCUT2D eigenvalue weighted by Crippen LogP contribution is -2.43. The molecule has 0 radical (unpaired) electrons. The Bertz CT molecular complexity index is 527. The second-order valence-electron chi connectivity index (χ2n) is 5.45. The molecule has 0 aromatic heterocycles. The summed E-state index contributed by atoms with van der Waals surface area (Å²) in [6.07, 6.45) is 3.06.